The largest absolute Gasteiger partial charge is 0.344 e. The van der Waals surface area contributed by atoms with E-state index in [-0.39, 0.29) is 18.1 Å². The van der Waals surface area contributed by atoms with E-state index in [0.717, 1.165) is 0 Å². The molecule has 0 spiro atoms. The Morgan fingerprint density at radius 2 is 2.27 bits per heavy atom. The second-order valence-electron chi connectivity index (χ2n) is 3.41. The molecule has 0 bridgehead atoms. The molecule has 1 aromatic carbocycles. The lowest BCUT2D eigenvalue weighted by Gasteiger charge is -2.15. The Kier molecular flexibility index (Phi) is 4.24. The van der Waals surface area contributed by atoms with E-state index in [9.17, 15) is 9.18 Å². The van der Waals surface area contributed by atoms with Crippen LogP contribution in [-0.2, 0) is 11.2 Å². The molecule has 2 N–H and O–H groups in total. The lowest BCUT2D eigenvalue weighted by molar-refractivity contribution is -0.129. The fourth-order valence-electron chi connectivity index (χ4n) is 1.27. The Labute approximate surface area is 88.7 Å². The van der Waals surface area contributed by atoms with Gasteiger partial charge < -0.3 is 10.6 Å². The highest BCUT2D eigenvalue weighted by Crippen LogP contribution is 2.05. The Balaban J connectivity index is 2.58. The summed E-state index contributed by atoms with van der Waals surface area (Å²) in [5.74, 6) is -0.368. The molecule has 0 aromatic heterocycles. The van der Waals surface area contributed by atoms with Crippen molar-refractivity contribution < 1.29 is 9.18 Å². The van der Waals surface area contributed by atoms with Crippen molar-refractivity contribution in [1.82, 2.24) is 4.90 Å². The summed E-state index contributed by atoms with van der Waals surface area (Å²) in [5.41, 5.74) is 6.01. The molecule has 1 amide bonds. The predicted molar refractivity (Wildman–Crippen MR) is 56.8 cm³/mol. The van der Waals surface area contributed by atoms with Crippen LogP contribution in [0.1, 0.15) is 5.56 Å². The van der Waals surface area contributed by atoms with Crippen LogP contribution in [-0.4, -0.2) is 30.9 Å². The van der Waals surface area contributed by atoms with E-state index >= 15 is 0 Å². The zero-order chi connectivity index (χ0) is 11.3. The second-order valence-corrected chi connectivity index (χ2v) is 3.41. The van der Waals surface area contributed by atoms with Crippen molar-refractivity contribution in [1.29, 1.82) is 0 Å². The number of likely N-dealkylation sites (N-methyl/N-ethyl adjacent to an activating group) is 1. The standard InChI is InChI=1S/C11H15FN2O/c1-14(6-5-13)11(15)8-9-3-2-4-10(12)7-9/h2-4,7H,5-6,8,13H2,1H3. The first kappa shape index (κ1) is 11.7. The average molecular weight is 210 g/mol. The zero-order valence-corrected chi connectivity index (χ0v) is 8.74. The van der Waals surface area contributed by atoms with E-state index in [1.807, 2.05) is 0 Å². The van der Waals surface area contributed by atoms with Crippen LogP contribution in [0.15, 0.2) is 24.3 Å². The monoisotopic (exact) mass is 210 g/mol. The fourth-order valence-corrected chi connectivity index (χ4v) is 1.27. The number of nitrogens with two attached hydrogens (primary N) is 1. The highest BCUT2D eigenvalue weighted by atomic mass is 19.1. The van der Waals surface area contributed by atoms with Crippen molar-refractivity contribution in [3.8, 4) is 0 Å². The molecule has 0 saturated carbocycles. The van der Waals surface area contributed by atoms with Crippen LogP contribution in [0.4, 0.5) is 4.39 Å². The van der Waals surface area contributed by atoms with E-state index in [2.05, 4.69) is 0 Å². The molecule has 0 radical (unpaired) electrons. The SMILES string of the molecule is CN(CCN)C(=O)Cc1cccc(F)c1. The van der Waals surface area contributed by atoms with Crippen LogP contribution in [0.25, 0.3) is 0 Å². The molecule has 0 unspecified atom stereocenters. The van der Waals surface area contributed by atoms with Gasteiger partial charge in [-0.05, 0) is 17.7 Å². The minimum atomic E-state index is -0.318. The lowest BCUT2D eigenvalue weighted by atomic mass is 10.1. The fraction of sp³-hybridized carbons (Fsp3) is 0.364. The van der Waals surface area contributed by atoms with Crippen LogP contribution in [0.2, 0.25) is 0 Å². The Morgan fingerprint density at radius 3 is 2.87 bits per heavy atom. The topological polar surface area (TPSA) is 46.3 Å². The molecule has 1 rings (SSSR count). The van der Waals surface area contributed by atoms with E-state index in [4.69, 9.17) is 5.73 Å². The van der Waals surface area contributed by atoms with Crippen molar-refractivity contribution in [3.63, 3.8) is 0 Å². The van der Waals surface area contributed by atoms with E-state index in [1.54, 1.807) is 24.1 Å². The molecule has 0 saturated heterocycles. The molecule has 1 aromatic rings. The van der Waals surface area contributed by atoms with Gasteiger partial charge in [-0.15, -0.1) is 0 Å². The summed E-state index contributed by atoms with van der Waals surface area (Å²) >= 11 is 0. The third-order valence-corrected chi connectivity index (χ3v) is 2.13. The second kappa shape index (κ2) is 5.46. The average Bonchev–Trinajstić information content (AvgIpc) is 2.18. The molecule has 0 heterocycles. The molecule has 3 nitrogen and oxygen atoms in total. The van der Waals surface area contributed by atoms with Gasteiger partial charge in [0.1, 0.15) is 5.82 Å². The maximum absolute atomic E-state index is 12.8. The smallest absolute Gasteiger partial charge is 0.226 e. The summed E-state index contributed by atoms with van der Waals surface area (Å²) < 4.78 is 12.8. The van der Waals surface area contributed by atoms with Crippen LogP contribution >= 0.6 is 0 Å². The molecule has 0 atom stereocenters. The highest BCUT2D eigenvalue weighted by Gasteiger charge is 2.08. The number of carbonyl (C=O) groups is 1. The maximum atomic E-state index is 12.8. The van der Waals surface area contributed by atoms with Crippen LogP contribution in [0, 0.1) is 5.82 Å². The molecule has 0 aliphatic carbocycles. The number of rotatable bonds is 4. The van der Waals surface area contributed by atoms with E-state index in [1.165, 1.54) is 12.1 Å². The predicted octanol–water partition coefficient (Wildman–Crippen LogP) is 0.785. The third kappa shape index (κ3) is 3.67. The summed E-state index contributed by atoms with van der Waals surface area (Å²) in [6, 6.07) is 6.06. The van der Waals surface area contributed by atoms with E-state index in [0.29, 0.717) is 18.7 Å². The van der Waals surface area contributed by atoms with Crippen LogP contribution in [0.5, 0.6) is 0 Å². The number of nitrogens with zero attached hydrogens (tertiary/aromatic N) is 1. The number of amides is 1. The number of hydrogen-bond acceptors (Lipinski definition) is 2. The molecular formula is C11H15FN2O. The van der Waals surface area contributed by atoms with Crippen LogP contribution in [0.3, 0.4) is 0 Å². The van der Waals surface area contributed by atoms with Gasteiger partial charge in [0.15, 0.2) is 0 Å². The molecule has 82 valence electrons. The molecule has 15 heavy (non-hydrogen) atoms. The van der Waals surface area contributed by atoms with Gasteiger partial charge >= 0.3 is 0 Å². The first-order valence-electron chi connectivity index (χ1n) is 4.82. The summed E-state index contributed by atoms with van der Waals surface area (Å²) in [6.07, 6.45) is 0.217. The van der Waals surface area contributed by atoms with Gasteiger partial charge in [0.2, 0.25) is 5.91 Å². The van der Waals surface area contributed by atoms with Gasteiger partial charge in [-0.2, -0.15) is 0 Å². The summed E-state index contributed by atoms with van der Waals surface area (Å²) in [5, 5.41) is 0. The summed E-state index contributed by atoms with van der Waals surface area (Å²) in [6.45, 7) is 0.958. The molecule has 0 aliphatic rings. The molecule has 0 fully saturated rings. The van der Waals surface area contributed by atoms with E-state index < -0.39 is 0 Å². The first-order valence-corrected chi connectivity index (χ1v) is 4.82. The van der Waals surface area contributed by atoms with Gasteiger partial charge in [-0.1, -0.05) is 12.1 Å². The van der Waals surface area contributed by atoms with Crippen molar-refractivity contribution in [3.05, 3.63) is 35.6 Å². The maximum Gasteiger partial charge on any atom is 0.226 e. The van der Waals surface area contributed by atoms with Gasteiger partial charge in [-0.25, -0.2) is 4.39 Å². The normalized spacial score (nSPS) is 10.1. The Bertz CT molecular complexity index is 341. The molecular weight excluding hydrogens is 195 g/mol. The van der Waals surface area contributed by atoms with Gasteiger partial charge in [0.25, 0.3) is 0 Å². The van der Waals surface area contributed by atoms with Gasteiger partial charge in [0, 0.05) is 20.1 Å². The van der Waals surface area contributed by atoms with Crippen molar-refractivity contribution in [2.24, 2.45) is 5.73 Å². The molecule has 0 aliphatic heterocycles. The number of halogens is 1. The van der Waals surface area contributed by atoms with Crippen molar-refractivity contribution in [2.75, 3.05) is 20.1 Å². The Hall–Kier alpha value is -1.42. The zero-order valence-electron chi connectivity index (χ0n) is 8.74. The number of benzene rings is 1. The van der Waals surface area contributed by atoms with Gasteiger partial charge in [0.05, 0.1) is 6.42 Å². The van der Waals surface area contributed by atoms with Crippen LogP contribution < -0.4 is 5.73 Å². The first-order chi connectivity index (χ1) is 7.13. The summed E-state index contributed by atoms with van der Waals surface area (Å²) in [7, 11) is 1.69. The highest BCUT2D eigenvalue weighted by molar-refractivity contribution is 5.78. The number of carbonyl (C=O) groups excluding carboxylic acids is 1. The number of hydrogen-bond donors (Lipinski definition) is 1. The molecule has 4 heteroatoms. The quantitative estimate of drug-likeness (QED) is 0.798. The minimum absolute atomic E-state index is 0.0500. The van der Waals surface area contributed by atoms with Crippen molar-refractivity contribution >= 4 is 5.91 Å². The minimum Gasteiger partial charge on any atom is -0.344 e. The summed E-state index contributed by atoms with van der Waals surface area (Å²) in [4.78, 5) is 13.1. The van der Waals surface area contributed by atoms with Gasteiger partial charge in [-0.3, -0.25) is 4.79 Å². The lowest BCUT2D eigenvalue weighted by Crippen LogP contribution is -2.32. The van der Waals surface area contributed by atoms with Crippen molar-refractivity contribution in [2.45, 2.75) is 6.42 Å². The third-order valence-electron chi connectivity index (χ3n) is 2.13. The Morgan fingerprint density at radius 1 is 1.53 bits per heavy atom.